The van der Waals surface area contributed by atoms with Crippen molar-refractivity contribution in [1.82, 2.24) is 0 Å². The quantitative estimate of drug-likeness (QED) is 0.242. The Morgan fingerprint density at radius 3 is 2.21 bits per heavy atom. The van der Waals surface area contributed by atoms with Crippen molar-refractivity contribution in [2.75, 3.05) is 6.61 Å². The summed E-state index contributed by atoms with van der Waals surface area (Å²) in [4.78, 5) is 0. The van der Waals surface area contributed by atoms with Gasteiger partial charge in [-0.3, -0.25) is 0 Å². The van der Waals surface area contributed by atoms with Crippen LogP contribution in [0.25, 0.3) is 11.1 Å². The average Bonchev–Trinajstić information content (AvgIpc) is 2.88. The molecule has 2 aromatic rings. The van der Waals surface area contributed by atoms with Crippen molar-refractivity contribution < 1.29 is 13.5 Å². The fourth-order valence-electron chi connectivity index (χ4n) is 6.19. The Morgan fingerprint density at radius 2 is 1.53 bits per heavy atom. The van der Waals surface area contributed by atoms with E-state index in [1.807, 2.05) is 12.1 Å². The summed E-state index contributed by atoms with van der Waals surface area (Å²) in [6, 6.07) is 15.6. The van der Waals surface area contributed by atoms with Gasteiger partial charge >= 0.3 is 0 Å². The minimum absolute atomic E-state index is 0.548. The lowest BCUT2D eigenvalue weighted by Gasteiger charge is -2.37. The van der Waals surface area contributed by atoms with Gasteiger partial charge in [0.15, 0.2) is 11.6 Å². The summed E-state index contributed by atoms with van der Waals surface area (Å²) >= 11 is 0. The molecule has 2 aromatic carbocycles. The molecule has 0 atom stereocenters. The first kappa shape index (κ1) is 25.6. The van der Waals surface area contributed by atoms with E-state index in [4.69, 9.17) is 4.74 Å². The van der Waals surface area contributed by atoms with Crippen molar-refractivity contribution in [1.29, 1.82) is 0 Å². The van der Waals surface area contributed by atoms with Crippen molar-refractivity contribution in [2.24, 2.45) is 5.92 Å². The molecule has 0 aromatic heterocycles. The first-order chi connectivity index (χ1) is 16.6. The zero-order chi connectivity index (χ0) is 23.8. The standard InChI is InChI=1S/C30H42F2OSi/c1-2-3-4-19-33-27-12-14-28(15-13-27)34-20-17-24(18-21-34)6-5-23-7-9-25(10-8-23)26-11-16-29(31)30(32)22-26/h7-11,16,22,24,27-28,34H,2-6,12-15,17-21H2,1H3/t24-,27?,28?,34-. The molecule has 0 spiro atoms. The summed E-state index contributed by atoms with van der Waals surface area (Å²) in [6.45, 7) is 3.22. The topological polar surface area (TPSA) is 9.23 Å². The monoisotopic (exact) mass is 484 g/mol. The third kappa shape index (κ3) is 7.24. The fourth-order valence-corrected chi connectivity index (χ4v) is 10.5. The second kappa shape index (κ2) is 13.0. The molecule has 2 aliphatic rings. The number of rotatable bonds is 10. The van der Waals surface area contributed by atoms with Gasteiger partial charge in [0.05, 0.1) is 6.10 Å². The van der Waals surface area contributed by atoms with Crippen molar-refractivity contribution in [3.8, 4) is 11.1 Å². The summed E-state index contributed by atoms with van der Waals surface area (Å²) in [5.41, 5.74) is 4.09. The van der Waals surface area contributed by atoms with Crippen LogP contribution in [-0.4, -0.2) is 21.5 Å². The Hall–Kier alpha value is -1.52. The van der Waals surface area contributed by atoms with E-state index in [1.54, 1.807) is 18.2 Å². The van der Waals surface area contributed by atoms with E-state index in [2.05, 4.69) is 19.1 Å². The molecule has 4 rings (SSSR count). The van der Waals surface area contributed by atoms with Gasteiger partial charge in [-0.25, -0.2) is 8.78 Å². The molecule has 0 amide bonds. The molecule has 1 aliphatic carbocycles. The van der Waals surface area contributed by atoms with Gasteiger partial charge in [-0.15, -0.1) is 0 Å². The number of hydrogen-bond acceptors (Lipinski definition) is 1. The van der Waals surface area contributed by atoms with Crippen LogP contribution in [-0.2, 0) is 11.2 Å². The second-order valence-electron chi connectivity index (χ2n) is 10.8. The number of unbranched alkanes of at least 4 members (excludes halogenated alkanes) is 2. The minimum atomic E-state index is -0.794. The second-order valence-corrected chi connectivity index (χ2v) is 14.4. The van der Waals surface area contributed by atoms with Crippen LogP contribution < -0.4 is 0 Å². The molecular formula is C30H42F2OSi. The van der Waals surface area contributed by atoms with Gasteiger partial charge in [0.1, 0.15) is 0 Å². The van der Waals surface area contributed by atoms with Gasteiger partial charge in [0.2, 0.25) is 0 Å². The van der Waals surface area contributed by atoms with Gasteiger partial charge in [-0.1, -0.05) is 87.9 Å². The normalized spacial score (nSPS) is 25.4. The van der Waals surface area contributed by atoms with Crippen molar-refractivity contribution in [3.05, 3.63) is 59.7 Å². The largest absolute Gasteiger partial charge is 0.378 e. The van der Waals surface area contributed by atoms with E-state index in [-0.39, 0.29) is 0 Å². The summed E-state index contributed by atoms with van der Waals surface area (Å²) < 4.78 is 32.8. The number of ether oxygens (including phenoxy) is 1. The number of aryl methyl sites for hydroxylation is 1. The third-order valence-electron chi connectivity index (χ3n) is 8.43. The van der Waals surface area contributed by atoms with Gasteiger partial charge in [-0.2, -0.15) is 0 Å². The van der Waals surface area contributed by atoms with Crippen LogP contribution in [0.1, 0.15) is 76.7 Å². The fraction of sp³-hybridized carbons (Fsp3) is 0.600. The molecule has 34 heavy (non-hydrogen) atoms. The molecule has 1 aliphatic heterocycles. The lowest BCUT2D eigenvalue weighted by Crippen LogP contribution is -2.31. The Kier molecular flexibility index (Phi) is 9.75. The highest BCUT2D eigenvalue weighted by Crippen LogP contribution is 2.40. The van der Waals surface area contributed by atoms with Gasteiger partial charge in [0, 0.05) is 15.4 Å². The molecule has 0 unspecified atom stereocenters. The van der Waals surface area contributed by atoms with Crippen molar-refractivity contribution in [3.63, 3.8) is 0 Å². The summed E-state index contributed by atoms with van der Waals surface area (Å²) in [5, 5.41) is 0. The molecule has 1 nitrogen and oxygen atoms in total. The minimum Gasteiger partial charge on any atom is -0.378 e. The maximum Gasteiger partial charge on any atom is 0.159 e. The number of benzene rings is 2. The highest BCUT2D eigenvalue weighted by molar-refractivity contribution is 6.60. The van der Waals surface area contributed by atoms with Crippen LogP contribution in [0.15, 0.2) is 42.5 Å². The van der Waals surface area contributed by atoms with Crippen LogP contribution in [0.4, 0.5) is 8.78 Å². The van der Waals surface area contributed by atoms with Crippen LogP contribution in [0.2, 0.25) is 17.6 Å². The van der Waals surface area contributed by atoms with E-state index in [0.717, 1.165) is 35.6 Å². The van der Waals surface area contributed by atoms with Crippen molar-refractivity contribution in [2.45, 2.75) is 101 Å². The molecule has 186 valence electrons. The van der Waals surface area contributed by atoms with Crippen LogP contribution in [0.5, 0.6) is 0 Å². The molecular weight excluding hydrogens is 442 g/mol. The van der Waals surface area contributed by atoms with Gasteiger partial charge in [-0.05, 0) is 72.4 Å². The predicted octanol–water partition coefficient (Wildman–Crippen LogP) is 8.72. The summed E-state index contributed by atoms with van der Waals surface area (Å²) in [5.74, 6) is -0.699. The predicted molar refractivity (Wildman–Crippen MR) is 141 cm³/mol. The lowest BCUT2D eigenvalue weighted by atomic mass is 9.93. The smallest absolute Gasteiger partial charge is 0.159 e. The summed E-state index contributed by atoms with van der Waals surface area (Å²) in [7, 11) is -0.573. The number of hydrogen-bond donors (Lipinski definition) is 0. The van der Waals surface area contributed by atoms with Crippen LogP contribution in [0, 0.1) is 17.6 Å². The Labute approximate surface area is 206 Å². The van der Waals surface area contributed by atoms with E-state index in [0.29, 0.717) is 6.10 Å². The average molecular weight is 485 g/mol. The molecule has 0 radical (unpaired) electrons. The molecule has 1 saturated carbocycles. The van der Waals surface area contributed by atoms with E-state index >= 15 is 0 Å². The van der Waals surface area contributed by atoms with Gasteiger partial charge < -0.3 is 4.74 Å². The van der Waals surface area contributed by atoms with Crippen LogP contribution in [0.3, 0.4) is 0 Å². The maximum atomic E-state index is 13.5. The van der Waals surface area contributed by atoms with Crippen LogP contribution >= 0.6 is 0 Å². The summed E-state index contributed by atoms with van der Waals surface area (Å²) in [6.07, 6.45) is 15.1. The lowest BCUT2D eigenvalue weighted by molar-refractivity contribution is 0.0261. The maximum absolute atomic E-state index is 13.5. The van der Waals surface area contributed by atoms with E-state index in [1.165, 1.54) is 81.9 Å². The molecule has 0 N–H and O–H groups in total. The zero-order valence-electron chi connectivity index (χ0n) is 20.9. The highest BCUT2D eigenvalue weighted by atomic mass is 28.3. The Bertz CT molecular complexity index is 868. The first-order valence-corrected chi connectivity index (χ1v) is 16.1. The Balaban J connectivity index is 1.15. The molecule has 1 saturated heterocycles. The first-order valence-electron chi connectivity index (χ1n) is 13.8. The third-order valence-corrected chi connectivity index (χ3v) is 12.6. The van der Waals surface area contributed by atoms with Gasteiger partial charge in [0.25, 0.3) is 0 Å². The zero-order valence-corrected chi connectivity index (χ0v) is 22.1. The van der Waals surface area contributed by atoms with Crippen molar-refractivity contribution >= 4 is 8.80 Å². The number of halogens is 2. The SMILES string of the molecule is CCCCCOC1CCC([Si@H]2CC[C@H](CCc3ccc(-c4ccc(F)c(F)c4)cc3)CC2)CC1. The molecule has 1 heterocycles. The molecule has 2 fully saturated rings. The highest BCUT2D eigenvalue weighted by Gasteiger charge is 2.31. The molecule has 0 bridgehead atoms. The molecule has 4 heteroatoms. The van der Waals surface area contributed by atoms with E-state index < -0.39 is 20.4 Å². The van der Waals surface area contributed by atoms with E-state index in [9.17, 15) is 8.78 Å². The Morgan fingerprint density at radius 1 is 0.824 bits per heavy atom.